The summed E-state index contributed by atoms with van der Waals surface area (Å²) in [6, 6.07) is -3.72. The highest BCUT2D eigenvalue weighted by Gasteiger charge is 2.46. The minimum atomic E-state index is -3.82. The number of ether oxygens (including phenoxy) is 2. The van der Waals surface area contributed by atoms with Crippen LogP contribution in [-0.2, 0) is 53.8 Å². The number of aromatic amines is 1. The summed E-state index contributed by atoms with van der Waals surface area (Å²) < 4.78 is 31.2. The smallest absolute Gasteiger partial charge is 0.395 e. The molecule has 2 heterocycles. The molecular weight excluding hydrogens is 749 g/mol. The highest BCUT2D eigenvalue weighted by atomic mass is 31.2. The lowest BCUT2D eigenvalue weighted by atomic mass is 10.0. The van der Waals surface area contributed by atoms with E-state index in [1.165, 1.54) is 50.1 Å². The molecule has 1 aromatic rings. The van der Waals surface area contributed by atoms with Gasteiger partial charge in [0.2, 0.25) is 23.8 Å². The van der Waals surface area contributed by atoms with E-state index >= 15 is 0 Å². The van der Waals surface area contributed by atoms with Crippen molar-refractivity contribution in [3.05, 3.63) is 29.7 Å². The minimum Gasteiger partial charge on any atom is -0.505 e. The van der Waals surface area contributed by atoms with E-state index < -0.39 is 105 Å². The van der Waals surface area contributed by atoms with Crippen molar-refractivity contribution in [2.45, 2.75) is 88.1 Å². The zero-order valence-corrected chi connectivity index (χ0v) is 32.3. The molecule has 5 atom stereocenters. The SMILES string of the molecule is CN(C)P(=O)(OC1=C(O)C(C(CO)OC(=O)CCC(=O)NC(CCCCN)C(=O)NC(Cc2cnc[nH]2)C(=O)NC(CCCCN)C(=O)O)OC1=O)N(C)C. The van der Waals surface area contributed by atoms with Gasteiger partial charge in [-0.25, -0.2) is 28.5 Å². The topological polar surface area (TPSA) is 331 Å². The Morgan fingerprint density at radius 2 is 1.53 bits per heavy atom. The summed E-state index contributed by atoms with van der Waals surface area (Å²) in [5.41, 5.74) is 11.6. The standard InChI is InChI=1S/C32H54N9O13P/c1-40(2)55(51,41(3)4)54-28-26(45)27(53-32(28)50)23(17-42)52-25(44)12-11-24(43)37-20(9-5-7-13-33)29(46)39-22(15-19-16-35-18-36-19)30(47)38-21(31(48)49)10-6-8-14-34/h16,18,20-23,27,42,45H,5-15,17,33-34H2,1-4H3,(H,35,36)(H,37,43)(H,38,47)(H,39,46)(H,48,49). The Balaban J connectivity index is 2.12. The molecule has 1 aliphatic rings. The average molecular weight is 804 g/mol. The molecule has 0 fully saturated rings. The second kappa shape index (κ2) is 22.7. The second-order valence-corrected chi connectivity index (χ2v) is 15.7. The number of rotatable bonds is 26. The number of carbonyl (C=O) groups excluding carboxylic acids is 5. The Bertz CT molecular complexity index is 1530. The number of nitrogens with two attached hydrogens (primary N) is 2. The molecule has 0 radical (unpaired) electrons. The third-order valence-electron chi connectivity index (χ3n) is 8.27. The largest absolute Gasteiger partial charge is 0.505 e. The first-order valence-corrected chi connectivity index (χ1v) is 19.1. The van der Waals surface area contributed by atoms with Crippen molar-refractivity contribution in [3.8, 4) is 0 Å². The molecule has 2 rings (SSSR count). The lowest BCUT2D eigenvalue weighted by molar-refractivity contribution is -0.165. The molecule has 23 heteroatoms. The summed E-state index contributed by atoms with van der Waals surface area (Å²) in [7, 11) is 1.86. The number of aliphatic hydroxyl groups excluding tert-OH is 2. The van der Waals surface area contributed by atoms with Crippen LogP contribution in [0.2, 0.25) is 0 Å². The van der Waals surface area contributed by atoms with Gasteiger partial charge >= 0.3 is 25.6 Å². The number of aromatic nitrogens is 2. The molecule has 5 unspecified atom stereocenters. The van der Waals surface area contributed by atoms with Gasteiger partial charge in [-0.3, -0.25) is 19.2 Å². The van der Waals surface area contributed by atoms with E-state index in [1.807, 2.05) is 0 Å². The maximum absolute atomic E-state index is 13.5. The number of imidazole rings is 1. The molecule has 22 nitrogen and oxygen atoms in total. The van der Waals surface area contributed by atoms with Gasteiger partial charge in [-0.05, 0) is 79.8 Å². The van der Waals surface area contributed by atoms with Crippen molar-refractivity contribution < 1.29 is 62.6 Å². The van der Waals surface area contributed by atoms with Gasteiger partial charge in [0.25, 0.3) is 5.76 Å². The van der Waals surface area contributed by atoms with Gasteiger partial charge in [0.05, 0.1) is 19.4 Å². The van der Waals surface area contributed by atoms with Gasteiger partial charge < -0.3 is 61.7 Å². The number of amides is 3. The number of nitrogens with one attached hydrogen (secondary N) is 4. The first-order chi connectivity index (χ1) is 26.0. The lowest BCUT2D eigenvalue weighted by Gasteiger charge is -2.29. The zero-order chi connectivity index (χ0) is 41.3. The average Bonchev–Trinajstić information content (AvgIpc) is 3.75. The Morgan fingerprint density at radius 3 is 2.05 bits per heavy atom. The maximum Gasteiger partial charge on any atom is 0.395 e. The van der Waals surface area contributed by atoms with Crippen LogP contribution in [-0.4, -0.2) is 148 Å². The summed E-state index contributed by atoms with van der Waals surface area (Å²) in [5, 5.41) is 37.8. The number of unbranched alkanes of at least 4 members (excludes halogenated alkanes) is 2. The van der Waals surface area contributed by atoms with Crippen molar-refractivity contribution in [1.29, 1.82) is 0 Å². The van der Waals surface area contributed by atoms with Crippen LogP contribution in [0.4, 0.5) is 0 Å². The van der Waals surface area contributed by atoms with Gasteiger partial charge in [-0.2, -0.15) is 0 Å². The van der Waals surface area contributed by atoms with Crippen molar-refractivity contribution in [1.82, 2.24) is 35.3 Å². The highest BCUT2D eigenvalue weighted by Crippen LogP contribution is 2.53. The normalized spacial score (nSPS) is 16.6. The summed E-state index contributed by atoms with van der Waals surface area (Å²) >= 11 is 0. The van der Waals surface area contributed by atoms with Crippen LogP contribution in [0.5, 0.6) is 0 Å². The monoisotopic (exact) mass is 803 g/mol. The molecule has 0 aliphatic carbocycles. The molecule has 3 amide bonds. The fourth-order valence-electron chi connectivity index (χ4n) is 5.22. The van der Waals surface area contributed by atoms with E-state index in [9.17, 15) is 48.7 Å². The predicted octanol–water partition coefficient (Wildman–Crippen LogP) is -1.62. The van der Waals surface area contributed by atoms with Gasteiger partial charge in [0.15, 0.2) is 11.9 Å². The number of hydrogen-bond donors (Lipinski definition) is 9. The summed E-state index contributed by atoms with van der Waals surface area (Å²) in [6.45, 7) is -0.285. The highest BCUT2D eigenvalue weighted by molar-refractivity contribution is 7.54. The first-order valence-electron chi connectivity index (χ1n) is 17.6. The van der Waals surface area contributed by atoms with E-state index in [4.69, 9.17) is 25.5 Å². The molecule has 0 saturated heterocycles. The molecule has 0 bridgehead atoms. The van der Waals surface area contributed by atoms with Gasteiger partial charge in [-0.1, -0.05) is 0 Å². The van der Waals surface area contributed by atoms with Crippen LogP contribution in [0, 0.1) is 0 Å². The first kappa shape index (κ1) is 46.6. The number of aliphatic carboxylic acids is 1. The summed E-state index contributed by atoms with van der Waals surface area (Å²) in [4.78, 5) is 83.7. The molecule has 310 valence electrons. The Hall–Kier alpha value is -4.60. The van der Waals surface area contributed by atoms with E-state index in [1.54, 1.807) is 0 Å². The number of cyclic esters (lactones) is 1. The fourth-order valence-corrected chi connectivity index (χ4v) is 6.67. The second-order valence-electron chi connectivity index (χ2n) is 13.0. The maximum atomic E-state index is 13.5. The van der Waals surface area contributed by atoms with Crippen LogP contribution in [0.1, 0.15) is 57.1 Å². The van der Waals surface area contributed by atoms with Crippen molar-refractivity contribution in [2.75, 3.05) is 47.9 Å². The predicted molar refractivity (Wildman–Crippen MR) is 193 cm³/mol. The Labute approximate surface area is 318 Å². The molecule has 0 aromatic carbocycles. The van der Waals surface area contributed by atoms with E-state index in [0.717, 1.165) is 0 Å². The fraction of sp³-hybridized carbons (Fsp3) is 0.656. The third kappa shape index (κ3) is 14.2. The number of aliphatic hydroxyl groups is 2. The van der Waals surface area contributed by atoms with Crippen LogP contribution in [0.3, 0.4) is 0 Å². The molecule has 11 N–H and O–H groups in total. The zero-order valence-electron chi connectivity index (χ0n) is 31.4. The molecule has 1 aliphatic heterocycles. The van der Waals surface area contributed by atoms with Crippen molar-refractivity contribution >= 4 is 43.3 Å². The minimum absolute atomic E-state index is 0.0900. The van der Waals surface area contributed by atoms with Crippen LogP contribution < -0.4 is 27.4 Å². The van der Waals surface area contributed by atoms with E-state index in [-0.39, 0.29) is 19.3 Å². The number of nitrogens with zero attached hydrogens (tertiary/aromatic N) is 3. The molecule has 0 spiro atoms. The van der Waals surface area contributed by atoms with Gasteiger partial charge in [0, 0.05) is 24.7 Å². The van der Waals surface area contributed by atoms with Gasteiger partial charge in [-0.15, -0.1) is 0 Å². The lowest BCUT2D eigenvalue weighted by Crippen LogP contribution is -2.56. The van der Waals surface area contributed by atoms with Crippen LogP contribution >= 0.6 is 7.67 Å². The van der Waals surface area contributed by atoms with E-state index in [0.29, 0.717) is 44.5 Å². The Kier molecular flexibility index (Phi) is 19.2. The molecule has 0 saturated carbocycles. The van der Waals surface area contributed by atoms with E-state index in [2.05, 4.69) is 25.9 Å². The number of carboxylic acid groups (broad SMARTS) is 1. The number of carbonyl (C=O) groups is 6. The van der Waals surface area contributed by atoms with Crippen LogP contribution in [0.25, 0.3) is 0 Å². The Morgan fingerprint density at radius 1 is 0.945 bits per heavy atom. The van der Waals surface area contributed by atoms with Crippen molar-refractivity contribution in [3.63, 3.8) is 0 Å². The number of esters is 2. The number of carboxylic acids is 1. The molecule has 1 aromatic heterocycles. The number of H-pyrrole nitrogens is 1. The number of hydrogen-bond acceptors (Lipinski definition) is 15. The molecular formula is C32H54N9O13P. The third-order valence-corrected chi connectivity index (χ3v) is 10.7. The van der Waals surface area contributed by atoms with Crippen LogP contribution in [0.15, 0.2) is 24.0 Å². The summed E-state index contributed by atoms with van der Waals surface area (Å²) in [5.74, 6) is -7.49. The summed E-state index contributed by atoms with van der Waals surface area (Å²) in [6.07, 6.45) is 0.377. The quantitative estimate of drug-likeness (QED) is 0.0289. The molecule has 55 heavy (non-hydrogen) atoms. The van der Waals surface area contributed by atoms with Crippen molar-refractivity contribution in [2.24, 2.45) is 11.5 Å². The van der Waals surface area contributed by atoms with Gasteiger partial charge in [0.1, 0.15) is 18.1 Å².